The molecule has 2 rings (SSSR count). The summed E-state index contributed by atoms with van der Waals surface area (Å²) in [5.74, 6) is 0. The molecule has 0 N–H and O–H groups in total. The Labute approximate surface area is 111 Å². The monoisotopic (exact) mass is 250 g/mol. The van der Waals surface area contributed by atoms with Gasteiger partial charge in [0, 0.05) is 18.6 Å². The topological polar surface area (TPSA) is 18.5 Å². The largest absolute Gasteiger partial charge is 0.381 e. The van der Waals surface area contributed by atoms with E-state index in [0.717, 1.165) is 39.3 Å². The summed E-state index contributed by atoms with van der Waals surface area (Å²) in [4.78, 5) is 0. The Balaban J connectivity index is 1.86. The lowest BCUT2D eigenvalue weighted by Crippen LogP contribution is -2.40. The van der Waals surface area contributed by atoms with E-state index in [1.165, 1.54) is 19.3 Å². The van der Waals surface area contributed by atoms with Crippen LogP contribution in [0.3, 0.4) is 0 Å². The first-order valence-corrected chi connectivity index (χ1v) is 7.32. The molecule has 0 radical (unpaired) electrons. The number of allylic oxidation sites excluding steroid dienone is 4. The summed E-state index contributed by atoms with van der Waals surface area (Å²) in [7, 11) is 0. The van der Waals surface area contributed by atoms with Gasteiger partial charge in [-0.2, -0.15) is 0 Å². The van der Waals surface area contributed by atoms with Gasteiger partial charge in [0.2, 0.25) is 0 Å². The van der Waals surface area contributed by atoms with Crippen molar-refractivity contribution >= 4 is 0 Å². The standard InChI is InChI=1S/C16H26O2/c1-3-17-12-16(13-18-4-2)10-15(11-16)9-14-7-5-6-8-14/h7,9H,3-6,8,10-13H2,1-2H3. The zero-order valence-electron chi connectivity index (χ0n) is 11.8. The highest BCUT2D eigenvalue weighted by Crippen LogP contribution is 2.46. The van der Waals surface area contributed by atoms with Gasteiger partial charge in [-0.1, -0.05) is 23.3 Å². The summed E-state index contributed by atoms with van der Waals surface area (Å²) in [6, 6.07) is 0. The lowest BCUT2D eigenvalue weighted by atomic mass is 9.66. The molecule has 0 aromatic carbocycles. The van der Waals surface area contributed by atoms with Gasteiger partial charge in [-0.25, -0.2) is 0 Å². The Bertz CT molecular complexity index is 310. The average Bonchev–Trinajstić information content (AvgIpc) is 2.83. The molecule has 0 atom stereocenters. The van der Waals surface area contributed by atoms with Gasteiger partial charge in [0.25, 0.3) is 0 Å². The van der Waals surface area contributed by atoms with Gasteiger partial charge in [0.1, 0.15) is 0 Å². The van der Waals surface area contributed by atoms with Crippen LogP contribution in [0, 0.1) is 5.41 Å². The van der Waals surface area contributed by atoms with E-state index < -0.39 is 0 Å². The van der Waals surface area contributed by atoms with Crippen molar-refractivity contribution in [3.05, 3.63) is 23.3 Å². The molecule has 0 amide bonds. The summed E-state index contributed by atoms with van der Waals surface area (Å²) in [6.45, 7) is 7.43. The van der Waals surface area contributed by atoms with E-state index in [9.17, 15) is 0 Å². The first-order valence-electron chi connectivity index (χ1n) is 7.32. The minimum absolute atomic E-state index is 0.261. The SMILES string of the molecule is CCOCC1(COCC)CC(=CC2=CCCC2)C1. The highest BCUT2D eigenvalue weighted by molar-refractivity contribution is 5.31. The van der Waals surface area contributed by atoms with Gasteiger partial charge >= 0.3 is 0 Å². The van der Waals surface area contributed by atoms with Gasteiger partial charge in [0.15, 0.2) is 0 Å². The second-order valence-corrected chi connectivity index (χ2v) is 5.60. The molecule has 102 valence electrons. The molecule has 2 heteroatoms. The lowest BCUT2D eigenvalue weighted by Gasteiger charge is -2.43. The summed E-state index contributed by atoms with van der Waals surface area (Å²) < 4.78 is 11.3. The normalized spacial score (nSPS) is 21.7. The van der Waals surface area contributed by atoms with Crippen LogP contribution in [-0.2, 0) is 9.47 Å². The van der Waals surface area contributed by atoms with Gasteiger partial charge in [0.05, 0.1) is 13.2 Å². The molecule has 0 bridgehead atoms. The zero-order chi connectivity index (χ0) is 12.8. The molecule has 1 fully saturated rings. The van der Waals surface area contributed by atoms with E-state index in [2.05, 4.69) is 26.0 Å². The number of hydrogen-bond donors (Lipinski definition) is 0. The van der Waals surface area contributed by atoms with Crippen LogP contribution in [0.5, 0.6) is 0 Å². The van der Waals surface area contributed by atoms with Crippen molar-refractivity contribution < 1.29 is 9.47 Å². The number of hydrogen-bond acceptors (Lipinski definition) is 2. The molecule has 18 heavy (non-hydrogen) atoms. The van der Waals surface area contributed by atoms with E-state index in [1.807, 2.05) is 0 Å². The Kier molecular flexibility index (Phi) is 5.02. The van der Waals surface area contributed by atoms with Crippen molar-refractivity contribution in [2.75, 3.05) is 26.4 Å². The maximum atomic E-state index is 5.63. The van der Waals surface area contributed by atoms with Crippen LogP contribution in [0.25, 0.3) is 0 Å². The lowest BCUT2D eigenvalue weighted by molar-refractivity contribution is -0.0386. The first kappa shape index (κ1) is 13.8. The molecule has 2 aliphatic carbocycles. The van der Waals surface area contributed by atoms with Crippen molar-refractivity contribution in [2.24, 2.45) is 5.41 Å². The van der Waals surface area contributed by atoms with Crippen molar-refractivity contribution in [3.8, 4) is 0 Å². The van der Waals surface area contributed by atoms with Gasteiger partial charge in [-0.3, -0.25) is 0 Å². The van der Waals surface area contributed by atoms with Crippen molar-refractivity contribution in [2.45, 2.75) is 46.0 Å². The maximum absolute atomic E-state index is 5.63. The maximum Gasteiger partial charge on any atom is 0.0550 e. The molecule has 0 aromatic rings. The molecular formula is C16H26O2. The average molecular weight is 250 g/mol. The van der Waals surface area contributed by atoms with E-state index >= 15 is 0 Å². The highest BCUT2D eigenvalue weighted by atomic mass is 16.5. The predicted octanol–water partition coefficient (Wildman–Crippen LogP) is 3.88. The Morgan fingerprint density at radius 1 is 1.17 bits per heavy atom. The molecule has 0 unspecified atom stereocenters. The van der Waals surface area contributed by atoms with Crippen LogP contribution in [0.4, 0.5) is 0 Å². The Morgan fingerprint density at radius 3 is 2.33 bits per heavy atom. The minimum Gasteiger partial charge on any atom is -0.381 e. The van der Waals surface area contributed by atoms with E-state index in [1.54, 1.807) is 11.1 Å². The Hall–Kier alpha value is -0.600. The fourth-order valence-electron chi connectivity index (χ4n) is 2.99. The quantitative estimate of drug-likeness (QED) is 0.682. The van der Waals surface area contributed by atoms with Crippen LogP contribution >= 0.6 is 0 Å². The summed E-state index contributed by atoms with van der Waals surface area (Å²) in [5.41, 5.74) is 3.39. The summed E-state index contributed by atoms with van der Waals surface area (Å²) in [5, 5.41) is 0. The third-order valence-electron chi connectivity index (χ3n) is 3.89. The first-order chi connectivity index (χ1) is 8.78. The van der Waals surface area contributed by atoms with Crippen LogP contribution in [0.15, 0.2) is 23.3 Å². The third-order valence-corrected chi connectivity index (χ3v) is 3.89. The van der Waals surface area contributed by atoms with Crippen molar-refractivity contribution in [1.29, 1.82) is 0 Å². The van der Waals surface area contributed by atoms with Crippen molar-refractivity contribution in [3.63, 3.8) is 0 Å². The van der Waals surface area contributed by atoms with E-state index in [4.69, 9.17) is 9.47 Å². The smallest absolute Gasteiger partial charge is 0.0550 e. The van der Waals surface area contributed by atoms with Crippen molar-refractivity contribution in [1.82, 2.24) is 0 Å². The second kappa shape index (κ2) is 6.53. The van der Waals surface area contributed by atoms with Crippen LogP contribution in [0.2, 0.25) is 0 Å². The fourth-order valence-corrected chi connectivity index (χ4v) is 2.99. The van der Waals surface area contributed by atoms with Crippen LogP contribution < -0.4 is 0 Å². The molecule has 0 heterocycles. The molecule has 0 saturated heterocycles. The minimum atomic E-state index is 0.261. The summed E-state index contributed by atoms with van der Waals surface area (Å²) >= 11 is 0. The van der Waals surface area contributed by atoms with Crippen LogP contribution in [-0.4, -0.2) is 26.4 Å². The van der Waals surface area contributed by atoms with E-state index in [0.29, 0.717) is 0 Å². The second-order valence-electron chi connectivity index (χ2n) is 5.60. The predicted molar refractivity (Wildman–Crippen MR) is 74.7 cm³/mol. The molecular weight excluding hydrogens is 224 g/mol. The molecule has 0 aromatic heterocycles. The van der Waals surface area contributed by atoms with Gasteiger partial charge in [-0.05, 0) is 46.0 Å². The fraction of sp³-hybridized carbons (Fsp3) is 0.750. The number of rotatable bonds is 7. The van der Waals surface area contributed by atoms with Gasteiger partial charge < -0.3 is 9.47 Å². The molecule has 0 spiro atoms. The number of ether oxygens (including phenoxy) is 2. The van der Waals surface area contributed by atoms with Gasteiger partial charge in [-0.15, -0.1) is 0 Å². The summed E-state index contributed by atoms with van der Waals surface area (Å²) in [6.07, 6.45) is 11.0. The molecule has 2 aliphatic rings. The Morgan fingerprint density at radius 2 is 1.83 bits per heavy atom. The zero-order valence-corrected chi connectivity index (χ0v) is 11.8. The molecule has 1 saturated carbocycles. The third kappa shape index (κ3) is 3.46. The molecule has 2 nitrogen and oxygen atoms in total. The molecule has 0 aliphatic heterocycles. The van der Waals surface area contributed by atoms with E-state index in [-0.39, 0.29) is 5.41 Å². The van der Waals surface area contributed by atoms with Crippen LogP contribution in [0.1, 0.15) is 46.0 Å². The highest BCUT2D eigenvalue weighted by Gasteiger charge is 2.41.